The minimum atomic E-state index is -0.548. The maximum absolute atomic E-state index is 12.1. The maximum Gasteiger partial charge on any atom is 0.255 e. The number of nitrogens with one attached hydrogen (secondary N) is 1. The van der Waals surface area contributed by atoms with E-state index in [1.165, 1.54) is 7.11 Å². The molecule has 2 rings (SSSR count). The average molecular weight is 265 g/mol. The van der Waals surface area contributed by atoms with Crippen LogP contribution >= 0.6 is 0 Å². The van der Waals surface area contributed by atoms with Crippen molar-refractivity contribution in [2.75, 3.05) is 13.7 Å². The summed E-state index contributed by atoms with van der Waals surface area (Å²) >= 11 is 0. The zero-order valence-corrected chi connectivity index (χ0v) is 10.9. The van der Waals surface area contributed by atoms with Crippen molar-refractivity contribution in [3.05, 3.63) is 29.8 Å². The third-order valence-electron chi connectivity index (χ3n) is 3.58. The summed E-state index contributed by atoms with van der Waals surface area (Å²) in [6.45, 7) is -0.0534. The average Bonchev–Trinajstić information content (AvgIpc) is 2.78. The number of aliphatic hydroxyl groups excluding tert-OH is 2. The number of carbonyl (C=O) groups is 1. The Hall–Kier alpha value is -1.59. The quantitative estimate of drug-likeness (QED) is 0.743. The first kappa shape index (κ1) is 13.8. The van der Waals surface area contributed by atoms with Gasteiger partial charge in [-0.25, -0.2) is 0 Å². The van der Waals surface area contributed by atoms with Crippen LogP contribution in [0.5, 0.6) is 5.75 Å². The van der Waals surface area contributed by atoms with Gasteiger partial charge in [-0.2, -0.15) is 0 Å². The summed E-state index contributed by atoms with van der Waals surface area (Å²) in [5.74, 6) is 0.161. The lowest BCUT2D eigenvalue weighted by molar-refractivity contribution is 0.0903. The van der Waals surface area contributed by atoms with E-state index < -0.39 is 6.10 Å². The maximum atomic E-state index is 12.1. The molecule has 104 valence electrons. The highest BCUT2D eigenvalue weighted by molar-refractivity contribution is 5.97. The molecule has 0 spiro atoms. The second-order valence-electron chi connectivity index (χ2n) is 4.85. The number of aliphatic hydroxyl groups is 2. The Bertz CT molecular complexity index is 449. The first-order valence-corrected chi connectivity index (χ1v) is 6.38. The van der Waals surface area contributed by atoms with E-state index >= 15 is 0 Å². The number of hydrogen-bond acceptors (Lipinski definition) is 4. The molecule has 1 fully saturated rings. The summed E-state index contributed by atoms with van der Waals surface area (Å²) in [6.07, 6.45) is 0.526. The van der Waals surface area contributed by atoms with E-state index in [0.717, 1.165) is 0 Å². The summed E-state index contributed by atoms with van der Waals surface area (Å²) in [7, 11) is 1.52. The van der Waals surface area contributed by atoms with Gasteiger partial charge >= 0.3 is 0 Å². The summed E-state index contributed by atoms with van der Waals surface area (Å²) < 4.78 is 5.14. The van der Waals surface area contributed by atoms with Crippen LogP contribution in [0.3, 0.4) is 0 Å². The van der Waals surface area contributed by atoms with Crippen molar-refractivity contribution >= 4 is 5.91 Å². The molecule has 0 heterocycles. The van der Waals surface area contributed by atoms with Gasteiger partial charge in [0.05, 0.1) is 18.8 Å². The molecule has 0 aromatic heterocycles. The first-order valence-electron chi connectivity index (χ1n) is 6.38. The van der Waals surface area contributed by atoms with E-state index in [1.807, 2.05) is 0 Å². The molecule has 1 aromatic rings. The van der Waals surface area contributed by atoms with Crippen LogP contribution in [0, 0.1) is 5.92 Å². The molecular weight excluding hydrogens is 246 g/mol. The standard InChI is InChI=1S/C14H19NO4/c1-19-13-5-3-2-4-11(13)14(18)15-10-6-9(8-16)12(17)7-10/h2-5,9-10,12,16-17H,6-8H2,1H3,(H,15,18)/t9-,10-,12+/m0/s1. The number of ether oxygens (including phenoxy) is 1. The van der Waals surface area contributed by atoms with Crippen LogP contribution in [0.1, 0.15) is 23.2 Å². The number of rotatable bonds is 4. The monoisotopic (exact) mass is 265 g/mol. The van der Waals surface area contributed by atoms with Crippen molar-refractivity contribution < 1.29 is 19.7 Å². The summed E-state index contributed by atoms with van der Waals surface area (Å²) in [5.41, 5.74) is 0.479. The van der Waals surface area contributed by atoms with Gasteiger partial charge in [-0.3, -0.25) is 4.79 Å². The SMILES string of the molecule is COc1ccccc1C(=O)N[C@H]1C[C@@H](CO)[C@H](O)C1. The smallest absolute Gasteiger partial charge is 0.255 e. The third-order valence-corrected chi connectivity index (χ3v) is 3.58. The van der Waals surface area contributed by atoms with Gasteiger partial charge in [-0.15, -0.1) is 0 Å². The van der Waals surface area contributed by atoms with Crippen molar-refractivity contribution in [2.24, 2.45) is 5.92 Å². The number of hydrogen-bond donors (Lipinski definition) is 3. The molecule has 1 aliphatic carbocycles. The van der Waals surface area contributed by atoms with E-state index in [2.05, 4.69) is 5.32 Å². The van der Waals surface area contributed by atoms with E-state index in [-0.39, 0.29) is 24.5 Å². The predicted octanol–water partition coefficient (Wildman–Crippen LogP) is 0.557. The van der Waals surface area contributed by atoms with Crippen LogP contribution in [0.2, 0.25) is 0 Å². The van der Waals surface area contributed by atoms with Gasteiger partial charge in [-0.05, 0) is 25.0 Å². The zero-order valence-electron chi connectivity index (χ0n) is 10.9. The zero-order chi connectivity index (χ0) is 13.8. The van der Waals surface area contributed by atoms with E-state index in [4.69, 9.17) is 9.84 Å². The van der Waals surface area contributed by atoms with Gasteiger partial charge in [0.25, 0.3) is 5.91 Å². The molecule has 5 nitrogen and oxygen atoms in total. The topological polar surface area (TPSA) is 78.8 Å². The number of para-hydroxylation sites is 1. The Morgan fingerprint density at radius 3 is 2.79 bits per heavy atom. The van der Waals surface area contributed by atoms with Crippen LogP contribution in [-0.4, -0.2) is 42.0 Å². The summed E-state index contributed by atoms with van der Waals surface area (Å²) in [6, 6.07) is 6.90. The molecule has 0 saturated heterocycles. The van der Waals surface area contributed by atoms with Crippen molar-refractivity contribution in [1.82, 2.24) is 5.32 Å². The van der Waals surface area contributed by atoms with Crippen LogP contribution in [0.15, 0.2) is 24.3 Å². The van der Waals surface area contributed by atoms with Crippen LogP contribution < -0.4 is 10.1 Å². The molecule has 1 saturated carbocycles. The lowest BCUT2D eigenvalue weighted by atomic mass is 10.1. The molecule has 0 bridgehead atoms. The largest absolute Gasteiger partial charge is 0.496 e. The summed E-state index contributed by atoms with van der Waals surface area (Å²) in [5, 5.41) is 21.7. The van der Waals surface area contributed by atoms with Crippen molar-refractivity contribution in [1.29, 1.82) is 0 Å². The third kappa shape index (κ3) is 3.05. The molecule has 0 aliphatic heterocycles. The van der Waals surface area contributed by atoms with E-state index in [1.54, 1.807) is 24.3 Å². The first-order chi connectivity index (χ1) is 9.15. The van der Waals surface area contributed by atoms with E-state index in [0.29, 0.717) is 24.2 Å². The van der Waals surface area contributed by atoms with Gasteiger partial charge < -0.3 is 20.3 Å². The fraction of sp³-hybridized carbons (Fsp3) is 0.500. The van der Waals surface area contributed by atoms with Crippen molar-refractivity contribution in [3.63, 3.8) is 0 Å². The van der Waals surface area contributed by atoms with Crippen molar-refractivity contribution in [2.45, 2.75) is 25.0 Å². The lowest BCUT2D eigenvalue weighted by Gasteiger charge is -2.14. The minimum absolute atomic E-state index is 0.0534. The number of methoxy groups -OCH3 is 1. The Balaban J connectivity index is 2.02. The predicted molar refractivity (Wildman–Crippen MR) is 70.1 cm³/mol. The molecular formula is C14H19NO4. The Morgan fingerprint density at radius 1 is 1.42 bits per heavy atom. The Kier molecular flexibility index (Phi) is 4.39. The molecule has 5 heteroatoms. The highest BCUT2D eigenvalue weighted by Gasteiger charge is 2.33. The fourth-order valence-corrected chi connectivity index (χ4v) is 2.51. The van der Waals surface area contributed by atoms with Gasteiger partial charge in [0.15, 0.2) is 0 Å². The van der Waals surface area contributed by atoms with Gasteiger partial charge in [0, 0.05) is 18.6 Å². The molecule has 19 heavy (non-hydrogen) atoms. The lowest BCUT2D eigenvalue weighted by Crippen LogP contribution is -2.33. The number of benzene rings is 1. The van der Waals surface area contributed by atoms with E-state index in [9.17, 15) is 9.90 Å². The highest BCUT2D eigenvalue weighted by atomic mass is 16.5. The molecule has 1 aliphatic rings. The fourth-order valence-electron chi connectivity index (χ4n) is 2.51. The number of carbonyl (C=O) groups excluding carboxylic acids is 1. The van der Waals surface area contributed by atoms with Crippen LogP contribution in [-0.2, 0) is 0 Å². The van der Waals surface area contributed by atoms with Crippen molar-refractivity contribution in [3.8, 4) is 5.75 Å². The molecule has 1 aromatic carbocycles. The molecule has 0 radical (unpaired) electrons. The van der Waals surface area contributed by atoms with Gasteiger partial charge in [-0.1, -0.05) is 12.1 Å². The summed E-state index contributed by atoms with van der Waals surface area (Å²) in [4.78, 5) is 12.1. The van der Waals surface area contributed by atoms with Crippen LogP contribution in [0.4, 0.5) is 0 Å². The molecule has 1 amide bonds. The Labute approximate surface area is 112 Å². The second-order valence-corrected chi connectivity index (χ2v) is 4.85. The molecule has 3 N–H and O–H groups in total. The molecule has 0 unspecified atom stereocenters. The Morgan fingerprint density at radius 2 is 2.16 bits per heavy atom. The van der Waals surface area contributed by atoms with Gasteiger partial charge in [0.2, 0.25) is 0 Å². The highest BCUT2D eigenvalue weighted by Crippen LogP contribution is 2.26. The second kappa shape index (κ2) is 6.04. The number of amides is 1. The molecule has 3 atom stereocenters. The van der Waals surface area contributed by atoms with Crippen LogP contribution in [0.25, 0.3) is 0 Å². The normalized spacial score (nSPS) is 26.2. The van der Waals surface area contributed by atoms with Gasteiger partial charge in [0.1, 0.15) is 5.75 Å². The minimum Gasteiger partial charge on any atom is -0.496 e.